The van der Waals surface area contributed by atoms with E-state index in [9.17, 15) is 18.3 Å². The molecular formula is C18H18NNaO5S. The molecule has 1 atom stereocenters. The van der Waals surface area contributed by atoms with Gasteiger partial charge in [-0.15, -0.1) is 0 Å². The summed E-state index contributed by atoms with van der Waals surface area (Å²) in [5, 5.41) is 10.5. The number of aryl methyl sites for hydroxylation is 1. The molecule has 2 aromatic rings. The number of hydrogen-bond acceptors (Lipinski definition) is 5. The third-order valence-electron chi connectivity index (χ3n) is 4.12. The number of benzene rings is 2. The number of rotatable bonds is 6. The molecule has 0 radical (unpaired) electrons. The largest absolute Gasteiger partial charge is 1.00 e. The van der Waals surface area contributed by atoms with Gasteiger partial charge in [0.1, 0.15) is 12.4 Å². The number of carboxylic acids is 1. The van der Waals surface area contributed by atoms with Crippen LogP contribution in [0.5, 0.6) is 5.75 Å². The molecule has 132 valence electrons. The minimum Gasteiger partial charge on any atom is -0.546 e. The molecule has 6 nitrogen and oxygen atoms in total. The zero-order valence-corrected chi connectivity index (χ0v) is 17.5. The quantitative estimate of drug-likeness (QED) is 0.560. The maximum atomic E-state index is 12.5. The number of carbonyl (C=O) groups excluding carboxylic acids is 1. The molecule has 1 aliphatic rings. The van der Waals surface area contributed by atoms with E-state index in [0.717, 1.165) is 16.7 Å². The predicted molar refractivity (Wildman–Crippen MR) is 89.6 cm³/mol. The number of carboxylic acid groups (broad SMARTS) is 1. The van der Waals surface area contributed by atoms with Gasteiger partial charge in [-0.1, -0.05) is 23.8 Å². The van der Waals surface area contributed by atoms with Gasteiger partial charge in [-0.3, -0.25) is 0 Å². The number of sulfonamides is 1. The average molecular weight is 383 g/mol. The Labute approximate surface area is 174 Å². The Balaban J connectivity index is 0.00000243. The van der Waals surface area contributed by atoms with Gasteiger partial charge in [0.15, 0.2) is 0 Å². The van der Waals surface area contributed by atoms with Crippen LogP contribution in [0.2, 0.25) is 0 Å². The Bertz CT molecular complexity index is 896. The zero-order valence-electron chi connectivity index (χ0n) is 14.7. The van der Waals surface area contributed by atoms with Crippen LogP contribution in [0.4, 0.5) is 0 Å². The molecule has 2 aromatic carbocycles. The van der Waals surface area contributed by atoms with Crippen molar-refractivity contribution in [2.45, 2.75) is 30.7 Å². The van der Waals surface area contributed by atoms with Gasteiger partial charge in [0.25, 0.3) is 0 Å². The molecule has 0 spiro atoms. The average Bonchev–Trinajstić information content (AvgIpc) is 2.93. The molecule has 0 aliphatic heterocycles. The van der Waals surface area contributed by atoms with Crippen LogP contribution in [0.25, 0.3) is 0 Å². The summed E-state index contributed by atoms with van der Waals surface area (Å²) in [6.45, 7) is 1.39. The fourth-order valence-corrected chi connectivity index (χ4v) is 4.15. The number of hydrogen-bond donors (Lipinski definition) is 1. The summed E-state index contributed by atoms with van der Waals surface area (Å²) in [4.78, 5) is 10.7. The van der Waals surface area contributed by atoms with Crippen LogP contribution in [-0.2, 0) is 27.7 Å². The van der Waals surface area contributed by atoms with E-state index in [1.165, 1.54) is 0 Å². The molecule has 26 heavy (non-hydrogen) atoms. The number of carbonyl (C=O) groups is 1. The van der Waals surface area contributed by atoms with Gasteiger partial charge in [0, 0.05) is 6.04 Å². The van der Waals surface area contributed by atoms with Crippen LogP contribution in [0, 0.1) is 6.92 Å². The Morgan fingerprint density at radius 3 is 2.46 bits per heavy atom. The fraction of sp³-hybridized carbons (Fsp3) is 0.278. The molecule has 1 unspecified atom stereocenters. The molecule has 0 heterocycles. The maximum absolute atomic E-state index is 12.5. The van der Waals surface area contributed by atoms with E-state index in [-0.39, 0.29) is 40.5 Å². The first-order chi connectivity index (χ1) is 11.8. The van der Waals surface area contributed by atoms with Crippen molar-refractivity contribution in [2.24, 2.45) is 0 Å². The van der Waals surface area contributed by atoms with Gasteiger partial charge in [0.05, 0.1) is 10.9 Å². The van der Waals surface area contributed by atoms with Crippen molar-refractivity contribution in [3.63, 3.8) is 0 Å². The van der Waals surface area contributed by atoms with E-state index >= 15 is 0 Å². The van der Waals surface area contributed by atoms with Crippen LogP contribution in [-0.4, -0.2) is 27.0 Å². The van der Waals surface area contributed by atoms with Crippen LogP contribution in [0.1, 0.15) is 16.7 Å². The second-order valence-electron chi connectivity index (χ2n) is 6.13. The molecule has 0 fully saturated rings. The monoisotopic (exact) mass is 383 g/mol. The first kappa shape index (κ1) is 20.9. The molecule has 0 saturated carbocycles. The van der Waals surface area contributed by atoms with E-state index in [0.29, 0.717) is 18.6 Å². The molecule has 0 aromatic heterocycles. The molecule has 0 amide bonds. The smallest absolute Gasteiger partial charge is 0.546 e. The second kappa shape index (κ2) is 8.54. The van der Waals surface area contributed by atoms with Crippen molar-refractivity contribution in [3.8, 4) is 5.75 Å². The molecule has 1 N–H and O–H groups in total. The van der Waals surface area contributed by atoms with Crippen molar-refractivity contribution < 1.29 is 52.6 Å². The molecule has 0 saturated heterocycles. The van der Waals surface area contributed by atoms with Crippen molar-refractivity contribution in [2.75, 3.05) is 6.61 Å². The molecule has 8 heteroatoms. The Morgan fingerprint density at radius 2 is 1.81 bits per heavy atom. The summed E-state index contributed by atoms with van der Waals surface area (Å²) < 4.78 is 32.8. The summed E-state index contributed by atoms with van der Waals surface area (Å²) >= 11 is 0. The Hall–Kier alpha value is -1.38. The maximum Gasteiger partial charge on any atom is 1.00 e. The first-order valence-corrected chi connectivity index (χ1v) is 9.35. The normalized spacial score (nSPS) is 15.8. The third-order valence-corrected chi connectivity index (χ3v) is 5.66. The van der Waals surface area contributed by atoms with Gasteiger partial charge >= 0.3 is 29.6 Å². The van der Waals surface area contributed by atoms with Crippen LogP contribution in [0.3, 0.4) is 0 Å². The van der Waals surface area contributed by atoms with Crippen LogP contribution >= 0.6 is 0 Å². The Kier molecular flexibility index (Phi) is 6.87. The summed E-state index contributed by atoms with van der Waals surface area (Å²) in [6.07, 6.45) is 1.12. The molecular weight excluding hydrogens is 365 g/mol. The first-order valence-electron chi connectivity index (χ1n) is 7.87. The fourth-order valence-electron chi connectivity index (χ4n) is 2.91. The topological polar surface area (TPSA) is 95.5 Å². The number of ether oxygens (including phenoxy) is 1. The van der Waals surface area contributed by atoms with Crippen molar-refractivity contribution in [1.29, 1.82) is 0 Å². The van der Waals surface area contributed by atoms with Gasteiger partial charge in [0.2, 0.25) is 10.0 Å². The summed E-state index contributed by atoms with van der Waals surface area (Å²) in [6, 6.07) is 11.7. The van der Waals surface area contributed by atoms with E-state index in [1.54, 1.807) is 36.4 Å². The predicted octanol–water partition coefficient (Wildman–Crippen LogP) is -2.43. The van der Waals surface area contributed by atoms with Crippen molar-refractivity contribution >= 4 is 16.0 Å². The minimum absolute atomic E-state index is 0. The SMILES string of the molecule is Cc1ccc(S(=O)(=O)NC2Cc3ccc(OCC(=O)[O-])cc3C2)cc1.[Na+]. The van der Waals surface area contributed by atoms with Crippen molar-refractivity contribution in [1.82, 2.24) is 4.72 Å². The Morgan fingerprint density at radius 1 is 1.15 bits per heavy atom. The molecule has 0 bridgehead atoms. The molecule has 1 aliphatic carbocycles. The second-order valence-corrected chi connectivity index (χ2v) is 7.84. The van der Waals surface area contributed by atoms with E-state index in [1.807, 2.05) is 13.0 Å². The summed E-state index contributed by atoms with van der Waals surface area (Å²) in [5.74, 6) is -0.853. The summed E-state index contributed by atoms with van der Waals surface area (Å²) in [7, 11) is -3.58. The number of fused-ring (bicyclic) bond motifs is 1. The third kappa shape index (κ3) is 5.08. The van der Waals surface area contributed by atoms with Crippen LogP contribution < -0.4 is 44.1 Å². The van der Waals surface area contributed by atoms with Gasteiger partial charge in [-0.25, -0.2) is 13.1 Å². The minimum atomic E-state index is -3.58. The van der Waals surface area contributed by atoms with E-state index in [4.69, 9.17) is 4.74 Å². The van der Waals surface area contributed by atoms with E-state index < -0.39 is 22.6 Å². The van der Waals surface area contributed by atoms with Gasteiger partial charge in [-0.05, 0) is 55.2 Å². The summed E-state index contributed by atoms with van der Waals surface area (Å²) in [5.41, 5.74) is 2.97. The van der Waals surface area contributed by atoms with E-state index in [2.05, 4.69) is 4.72 Å². The molecule has 3 rings (SSSR count). The van der Waals surface area contributed by atoms with Crippen molar-refractivity contribution in [3.05, 3.63) is 59.2 Å². The van der Waals surface area contributed by atoms with Crippen LogP contribution in [0.15, 0.2) is 47.4 Å². The van der Waals surface area contributed by atoms with Gasteiger partial charge in [-0.2, -0.15) is 0 Å². The zero-order chi connectivity index (χ0) is 18.0. The van der Waals surface area contributed by atoms with Gasteiger partial charge < -0.3 is 14.6 Å². The standard InChI is InChI=1S/C18H19NO5S.Na/c1-12-2-6-17(7-3-12)25(22,23)19-15-8-13-4-5-16(10-14(13)9-15)24-11-18(20)21;/h2-7,10,15,19H,8-9,11H2,1H3,(H,20,21);/q;+1/p-1. The number of nitrogens with one attached hydrogen (secondary N) is 1. The number of aliphatic carboxylic acids is 1.